The summed E-state index contributed by atoms with van der Waals surface area (Å²) in [5, 5.41) is 10.4. The lowest BCUT2D eigenvalue weighted by Gasteiger charge is -2.19. The van der Waals surface area contributed by atoms with Crippen LogP contribution in [0.15, 0.2) is 16.9 Å². The lowest BCUT2D eigenvalue weighted by atomic mass is 10.0. The third-order valence-electron chi connectivity index (χ3n) is 4.72. The molecule has 8 nitrogen and oxygen atoms in total. The van der Waals surface area contributed by atoms with Crippen molar-refractivity contribution < 1.29 is 14.0 Å². The molecule has 2 N–H and O–H groups in total. The predicted molar refractivity (Wildman–Crippen MR) is 87.9 cm³/mol. The van der Waals surface area contributed by atoms with Crippen LogP contribution in [0.4, 0.5) is 0 Å². The van der Waals surface area contributed by atoms with Gasteiger partial charge >= 0.3 is 5.91 Å². The third-order valence-corrected chi connectivity index (χ3v) is 4.72. The molecule has 1 fully saturated rings. The Morgan fingerprint density at radius 1 is 1.48 bits per heavy atom. The van der Waals surface area contributed by atoms with Gasteiger partial charge in [-0.15, -0.1) is 0 Å². The first-order chi connectivity index (χ1) is 12.1. The van der Waals surface area contributed by atoms with Crippen molar-refractivity contribution in [2.75, 3.05) is 0 Å². The molecular weight excluding hydrogens is 322 g/mol. The van der Waals surface area contributed by atoms with Crippen molar-refractivity contribution in [3.63, 3.8) is 0 Å². The van der Waals surface area contributed by atoms with Crippen molar-refractivity contribution in [3.05, 3.63) is 35.3 Å². The molecule has 1 aliphatic heterocycles. The number of hydrogen-bond acceptors (Lipinski definition) is 5. The Labute approximate surface area is 145 Å². The SMILES string of the molecule is CC1Cc2nn(CCC3CC3)c(CNC(=O)c3ncco3)c2C(=O)N1. The number of rotatable bonds is 6. The molecule has 1 saturated carbocycles. The summed E-state index contributed by atoms with van der Waals surface area (Å²) < 4.78 is 6.89. The Morgan fingerprint density at radius 3 is 3.04 bits per heavy atom. The van der Waals surface area contributed by atoms with Crippen LogP contribution < -0.4 is 10.6 Å². The summed E-state index contributed by atoms with van der Waals surface area (Å²) in [7, 11) is 0. The van der Waals surface area contributed by atoms with Crippen LogP contribution in [0.3, 0.4) is 0 Å². The van der Waals surface area contributed by atoms with E-state index in [0.717, 1.165) is 30.3 Å². The molecule has 2 amide bonds. The maximum atomic E-state index is 12.4. The fourth-order valence-corrected chi connectivity index (χ4v) is 3.24. The van der Waals surface area contributed by atoms with Crippen molar-refractivity contribution in [1.29, 1.82) is 0 Å². The molecular formula is C17H21N5O3. The summed E-state index contributed by atoms with van der Waals surface area (Å²) >= 11 is 0. The predicted octanol–water partition coefficient (Wildman–Crippen LogP) is 1.28. The first kappa shape index (κ1) is 15.9. The summed E-state index contributed by atoms with van der Waals surface area (Å²) in [5.41, 5.74) is 2.16. The summed E-state index contributed by atoms with van der Waals surface area (Å²) in [6.45, 7) is 2.95. The third kappa shape index (κ3) is 3.29. The summed E-state index contributed by atoms with van der Waals surface area (Å²) in [5.74, 6) is 0.254. The minimum atomic E-state index is -0.404. The number of oxazole rings is 1. The fourth-order valence-electron chi connectivity index (χ4n) is 3.24. The highest BCUT2D eigenvalue weighted by molar-refractivity contribution is 5.98. The molecule has 4 rings (SSSR count). The zero-order valence-corrected chi connectivity index (χ0v) is 14.1. The van der Waals surface area contributed by atoms with E-state index in [4.69, 9.17) is 4.42 Å². The summed E-state index contributed by atoms with van der Waals surface area (Å²) in [6, 6.07) is 0.0709. The minimum absolute atomic E-state index is 0.0102. The van der Waals surface area contributed by atoms with Gasteiger partial charge in [-0.1, -0.05) is 12.8 Å². The monoisotopic (exact) mass is 343 g/mol. The number of nitrogens with zero attached hydrogens (tertiary/aromatic N) is 3. The molecule has 0 aromatic carbocycles. The summed E-state index contributed by atoms with van der Waals surface area (Å²) in [6.07, 6.45) is 7.08. The zero-order valence-electron chi connectivity index (χ0n) is 14.1. The molecule has 25 heavy (non-hydrogen) atoms. The minimum Gasteiger partial charge on any atom is -0.441 e. The van der Waals surface area contributed by atoms with Gasteiger partial charge in [-0.2, -0.15) is 5.10 Å². The quantitative estimate of drug-likeness (QED) is 0.822. The Kier molecular flexibility index (Phi) is 4.03. The molecule has 2 aromatic rings. The lowest BCUT2D eigenvalue weighted by molar-refractivity contribution is 0.0904. The second kappa shape index (κ2) is 6.34. The van der Waals surface area contributed by atoms with Gasteiger partial charge in [0.1, 0.15) is 6.26 Å². The molecule has 0 radical (unpaired) electrons. The van der Waals surface area contributed by atoms with Gasteiger partial charge in [0.05, 0.1) is 29.7 Å². The number of aromatic nitrogens is 3. The lowest BCUT2D eigenvalue weighted by Crippen LogP contribution is -2.39. The molecule has 1 unspecified atom stereocenters. The molecule has 0 saturated heterocycles. The van der Waals surface area contributed by atoms with Gasteiger partial charge in [0.25, 0.3) is 11.8 Å². The zero-order chi connectivity index (χ0) is 17.4. The van der Waals surface area contributed by atoms with Crippen molar-refractivity contribution >= 4 is 11.8 Å². The van der Waals surface area contributed by atoms with E-state index in [0.29, 0.717) is 12.0 Å². The number of hydrogen-bond donors (Lipinski definition) is 2. The van der Waals surface area contributed by atoms with E-state index >= 15 is 0 Å². The van der Waals surface area contributed by atoms with E-state index in [9.17, 15) is 9.59 Å². The van der Waals surface area contributed by atoms with Crippen molar-refractivity contribution in [2.24, 2.45) is 5.92 Å². The van der Waals surface area contributed by atoms with Gasteiger partial charge in [-0.3, -0.25) is 14.3 Å². The van der Waals surface area contributed by atoms with Gasteiger partial charge in [0.15, 0.2) is 0 Å². The average Bonchev–Trinajstić information content (AvgIpc) is 3.10. The van der Waals surface area contributed by atoms with Gasteiger partial charge in [-0.25, -0.2) is 4.98 Å². The topological polar surface area (TPSA) is 102 Å². The van der Waals surface area contributed by atoms with Crippen molar-refractivity contribution in [3.8, 4) is 0 Å². The molecule has 2 aliphatic rings. The Morgan fingerprint density at radius 2 is 2.32 bits per heavy atom. The van der Waals surface area contributed by atoms with Crippen LogP contribution in [0, 0.1) is 5.92 Å². The molecule has 1 atom stereocenters. The van der Waals surface area contributed by atoms with Crippen LogP contribution in [0.5, 0.6) is 0 Å². The molecule has 2 aromatic heterocycles. The van der Waals surface area contributed by atoms with Gasteiger partial charge in [-0.05, 0) is 19.3 Å². The Balaban J connectivity index is 1.57. The van der Waals surface area contributed by atoms with E-state index in [2.05, 4.69) is 20.7 Å². The highest BCUT2D eigenvalue weighted by Gasteiger charge is 2.30. The van der Waals surface area contributed by atoms with Crippen LogP contribution in [0.25, 0.3) is 0 Å². The van der Waals surface area contributed by atoms with E-state index in [-0.39, 0.29) is 24.4 Å². The molecule has 132 valence electrons. The summed E-state index contributed by atoms with van der Waals surface area (Å²) in [4.78, 5) is 28.4. The molecule has 8 heteroatoms. The number of aryl methyl sites for hydroxylation is 1. The fraction of sp³-hybridized carbons (Fsp3) is 0.529. The van der Waals surface area contributed by atoms with E-state index < -0.39 is 5.91 Å². The van der Waals surface area contributed by atoms with Crippen LogP contribution in [-0.2, 0) is 19.5 Å². The van der Waals surface area contributed by atoms with E-state index in [1.165, 1.54) is 25.3 Å². The van der Waals surface area contributed by atoms with Crippen LogP contribution in [-0.4, -0.2) is 32.6 Å². The smallest absolute Gasteiger partial charge is 0.307 e. The molecule has 0 spiro atoms. The van der Waals surface area contributed by atoms with E-state index in [1.807, 2.05) is 11.6 Å². The largest absolute Gasteiger partial charge is 0.441 e. The molecule has 3 heterocycles. The van der Waals surface area contributed by atoms with Crippen LogP contribution in [0.2, 0.25) is 0 Å². The first-order valence-electron chi connectivity index (χ1n) is 8.69. The second-order valence-corrected chi connectivity index (χ2v) is 6.82. The maximum absolute atomic E-state index is 12.4. The highest BCUT2D eigenvalue weighted by Crippen LogP contribution is 2.33. The molecule has 0 bridgehead atoms. The van der Waals surface area contributed by atoms with E-state index in [1.54, 1.807) is 0 Å². The standard InChI is InChI=1S/C17H21N5O3/c1-10-8-12-14(15(23)20-10)13(22(21-12)6-4-11-2-3-11)9-19-16(24)17-18-5-7-25-17/h5,7,10-11H,2-4,6,8-9H2,1H3,(H,19,24)(H,20,23). The van der Waals surface area contributed by atoms with Crippen LogP contribution in [0.1, 0.15) is 58.6 Å². The van der Waals surface area contributed by atoms with Gasteiger partial charge in [0, 0.05) is 19.0 Å². The van der Waals surface area contributed by atoms with Gasteiger partial charge < -0.3 is 15.1 Å². The average molecular weight is 343 g/mol. The van der Waals surface area contributed by atoms with Crippen molar-refractivity contribution in [1.82, 2.24) is 25.4 Å². The van der Waals surface area contributed by atoms with Crippen molar-refractivity contribution in [2.45, 2.75) is 51.7 Å². The first-order valence-corrected chi connectivity index (χ1v) is 8.69. The second-order valence-electron chi connectivity index (χ2n) is 6.82. The number of amides is 2. The normalized spacial score (nSPS) is 19.4. The number of fused-ring (bicyclic) bond motifs is 1. The Bertz CT molecular complexity index is 792. The number of carbonyl (C=O) groups is 2. The maximum Gasteiger partial charge on any atom is 0.307 e. The van der Waals surface area contributed by atoms with Crippen LogP contribution >= 0.6 is 0 Å². The van der Waals surface area contributed by atoms with Gasteiger partial charge in [0.2, 0.25) is 0 Å². The molecule has 1 aliphatic carbocycles. The number of carbonyl (C=O) groups excluding carboxylic acids is 2. The Hall–Kier alpha value is -2.64. The number of nitrogens with one attached hydrogen (secondary N) is 2. The highest BCUT2D eigenvalue weighted by atomic mass is 16.3.